The Morgan fingerprint density at radius 2 is 1.92 bits per heavy atom. The second-order valence-electron chi connectivity index (χ2n) is 7.23. The summed E-state index contributed by atoms with van der Waals surface area (Å²) in [7, 11) is 1.83. The van der Waals surface area contributed by atoms with Crippen LogP contribution in [0.5, 0.6) is 0 Å². The average molecular weight is 380 g/mol. The van der Waals surface area contributed by atoms with E-state index in [1.807, 2.05) is 23.1 Å². The normalized spacial score (nSPS) is 21.9. The lowest BCUT2D eigenvalue weighted by Crippen LogP contribution is -2.53. The first-order valence-corrected chi connectivity index (χ1v) is 10.6. The molecule has 144 valence electrons. The van der Waals surface area contributed by atoms with Gasteiger partial charge in [-0.2, -0.15) is 5.10 Å². The zero-order valence-electron chi connectivity index (χ0n) is 16.0. The molecule has 0 unspecified atom stereocenters. The van der Waals surface area contributed by atoms with Crippen molar-refractivity contribution in [2.45, 2.75) is 37.3 Å². The van der Waals surface area contributed by atoms with Gasteiger partial charge in [0.1, 0.15) is 5.03 Å². The first-order chi connectivity index (χ1) is 12.5. The molecule has 0 spiro atoms. The van der Waals surface area contributed by atoms with Crippen LogP contribution in [0.15, 0.2) is 11.2 Å². The van der Waals surface area contributed by atoms with Crippen LogP contribution in [-0.4, -0.2) is 87.9 Å². The Hall–Kier alpha value is -1.54. The Labute approximate surface area is 159 Å². The molecule has 2 aliphatic rings. The van der Waals surface area contributed by atoms with Gasteiger partial charge in [-0.15, -0.1) is 11.8 Å². The largest absolute Gasteiger partial charge is 0.339 e. The van der Waals surface area contributed by atoms with Crippen LogP contribution >= 0.6 is 11.8 Å². The summed E-state index contributed by atoms with van der Waals surface area (Å²) in [6.07, 6.45) is 7.17. The molecule has 1 aromatic rings. The van der Waals surface area contributed by atoms with Crippen LogP contribution in [0.4, 0.5) is 0 Å². The molecule has 26 heavy (non-hydrogen) atoms. The summed E-state index contributed by atoms with van der Waals surface area (Å²) in [5, 5.41) is 5.10. The number of carbonyl (C=O) groups excluding carboxylic acids is 2. The van der Waals surface area contributed by atoms with Crippen molar-refractivity contribution in [1.29, 1.82) is 0 Å². The summed E-state index contributed by atoms with van der Waals surface area (Å²) in [4.78, 5) is 31.4. The zero-order valence-corrected chi connectivity index (χ0v) is 16.8. The highest BCUT2D eigenvalue weighted by molar-refractivity contribution is 7.98. The van der Waals surface area contributed by atoms with Crippen molar-refractivity contribution < 1.29 is 9.59 Å². The number of aromatic nitrogens is 2. The molecule has 2 amide bonds. The number of carbonyl (C=O) groups is 2. The Balaban J connectivity index is 1.52. The molecule has 7 nitrogen and oxygen atoms in total. The predicted octanol–water partition coefficient (Wildman–Crippen LogP) is 1.30. The Kier molecular flexibility index (Phi) is 6.24. The van der Waals surface area contributed by atoms with Gasteiger partial charge in [0.05, 0.1) is 12.1 Å². The van der Waals surface area contributed by atoms with Crippen molar-refractivity contribution in [1.82, 2.24) is 24.5 Å². The van der Waals surface area contributed by atoms with Crippen molar-refractivity contribution in [2.24, 2.45) is 7.05 Å². The maximum atomic E-state index is 12.8. The number of aryl methyl sites for hydroxylation is 1. The first kappa shape index (κ1) is 19.2. The molecule has 2 fully saturated rings. The summed E-state index contributed by atoms with van der Waals surface area (Å²) in [6, 6.07) is 0.356. The minimum absolute atomic E-state index is 0.0399. The predicted molar refractivity (Wildman–Crippen MR) is 102 cm³/mol. The van der Waals surface area contributed by atoms with Gasteiger partial charge in [0.25, 0.3) is 5.91 Å². The molecule has 1 atom stereocenters. The van der Waals surface area contributed by atoms with E-state index in [0.717, 1.165) is 37.5 Å². The zero-order chi connectivity index (χ0) is 18.7. The van der Waals surface area contributed by atoms with Crippen molar-refractivity contribution in [3.8, 4) is 0 Å². The number of likely N-dealkylation sites (tertiary alicyclic amines) is 1. The van der Waals surface area contributed by atoms with E-state index in [1.165, 1.54) is 18.2 Å². The Morgan fingerprint density at radius 3 is 2.58 bits per heavy atom. The second-order valence-corrected chi connectivity index (χ2v) is 8.02. The van der Waals surface area contributed by atoms with E-state index in [1.54, 1.807) is 10.9 Å². The van der Waals surface area contributed by atoms with Crippen LogP contribution in [0, 0.1) is 0 Å². The van der Waals surface area contributed by atoms with E-state index in [4.69, 9.17) is 0 Å². The lowest BCUT2D eigenvalue weighted by Gasteiger charge is -2.38. The van der Waals surface area contributed by atoms with Gasteiger partial charge in [-0.25, -0.2) is 0 Å². The summed E-state index contributed by atoms with van der Waals surface area (Å²) in [5.74, 6) is 0.270. The van der Waals surface area contributed by atoms with Crippen LogP contribution in [0.3, 0.4) is 0 Å². The lowest BCUT2D eigenvalue weighted by atomic mass is 10.0. The van der Waals surface area contributed by atoms with Gasteiger partial charge in [-0.1, -0.05) is 0 Å². The van der Waals surface area contributed by atoms with Crippen molar-refractivity contribution in [3.05, 3.63) is 11.8 Å². The third kappa shape index (κ3) is 4.23. The third-order valence-electron chi connectivity index (χ3n) is 5.36. The number of hydrogen-bond donors (Lipinski definition) is 0. The lowest BCUT2D eigenvalue weighted by molar-refractivity contribution is -0.136. The van der Waals surface area contributed by atoms with Gasteiger partial charge < -0.3 is 9.80 Å². The average Bonchev–Trinajstić information content (AvgIpc) is 3.03. The molecule has 1 aromatic heterocycles. The molecule has 0 aliphatic carbocycles. The molecule has 0 N–H and O–H groups in total. The molecular weight excluding hydrogens is 350 g/mol. The molecule has 0 bridgehead atoms. The van der Waals surface area contributed by atoms with E-state index < -0.39 is 0 Å². The summed E-state index contributed by atoms with van der Waals surface area (Å²) in [6.45, 7) is 6.30. The Morgan fingerprint density at radius 1 is 1.19 bits per heavy atom. The topological polar surface area (TPSA) is 61.7 Å². The van der Waals surface area contributed by atoms with Crippen LogP contribution in [0.2, 0.25) is 0 Å². The minimum Gasteiger partial charge on any atom is -0.339 e. The molecule has 0 saturated carbocycles. The summed E-state index contributed by atoms with van der Waals surface area (Å²) < 4.78 is 1.69. The minimum atomic E-state index is 0.0399. The molecule has 8 heteroatoms. The first-order valence-electron chi connectivity index (χ1n) is 9.38. The van der Waals surface area contributed by atoms with E-state index in [0.29, 0.717) is 31.2 Å². The molecule has 3 rings (SSSR count). The monoisotopic (exact) mass is 379 g/mol. The van der Waals surface area contributed by atoms with E-state index in [9.17, 15) is 9.59 Å². The summed E-state index contributed by atoms with van der Waals surface area (Å²) in [5.41, 5.74) is 0.673. The van der Waals surface area contributed by atoms with E-state index >= 15 is 0 Å². The molecule has 2 saturated heterocycles. The fourth-order valence-electron chi connectivity index (χ4n) is 3.80. The van der Waals surface area contributed by atoms with Crippen molar-refractivity contribution in [2.75, 3.05) is 45.5 Å². The standard InChI is InChI=1S/C18H29N5O2S/c1-14-6-4-5-7-23(14)16(24)13-21-8-10-22(11-9-21)18(25)15-12-20(2)19-17(15)26-3/h12,14H,4-11,13H2,1-3H3/t14-/m0/s1. The highest BCUT2D eigenvalue weighted by Crippen LogP contribution is 2.21. The maximum Gasteiger partial charge on any atom is 0.258 e. The fraction of sp³-hybridized carbons (Fsp3) is 0.722. The van der Waals surface area contributed by atoms with Crippen LogP contribution in [-0.2, 0) is 11.8 Å². The molecule has 3 heterocycles. The second kappa shape index (κ2) is 8.43. The van der Waals surface area contributed by atoms with Gasteiger partial charge in [0.15, 0.2) is 0 Å². The van der Waals surface area contributed by atoms with E-state index in [2.05, 4.69) is 16.9 Å². The molecular formula is C18H29N5O2S. The van der Waals surface area contributed by atoms with Crippen LogP contribution in [0.1, 0.15) is 36.5 Å². The molecule has 0 aromatic carbocycles. The number of amides is 2. The number of rotatable bonds is 4. The number of hydrogen-bond acceptors (Lipinski definition) is 5. The van der Waals surface area contributed by atoms with Gasteiger partial charge in [0, 0.05) is 52.0 Å². The Bertz CT molecular complexity index is 654. The third-order valence-corrected chi connectivity index (χ3v) is 6.05. The van der Waals surface area contributed by atoms with E-state index in [-0.39, 0.29) is 11.8 Å². The van der Waals surface area contributed by atoms with Gasteiger partial charge in [0.2, 0.25) is 5.91 Å². The van der Waals surface area contributed by atoms with Gasteiger partial charge in [-0.3, -0.25) is 19.2 Å². The quantitative estimate of drug-likeness (QED) is 0.738. The van der Waals surface area contributed by atoms with Crippen molar-refractivity contribution in [3.63, 3.8) is 0 Å². The van der Waals surface area contributed by atoms with Crippen molar-refractivity contribution >= 4 is 23.6 Å². The maximum absolute atomic E-state index is 12.8. The number of piperazine rings is 1. The smallest absolute Gasteiger partial charge is 0.258 e. The fourth-order valence-corrected chi connectivity index (χ4v) is 4.37. The highest BCUT2D eigenvalue weighted by Gasteiger charge is 2.28. The van der Waals surface area contributed by atoms with Crippen LogP contribution < -0.4 is 0 Å². The highest BCUT2D eigenvalue weighted by atomic mass is 32.2. The van der Waals surface area contributed by atoms with Gasteiger partial charge in [-0.05, 0) is 32.4 Å². The number of nitrogens with zero attached hydrogens (tertiary/aromatic N) is 5. The SMILES string of the molecule is CSc1nn(C)cc1C(=O)N1CCN(CC(=O)N2CCCC[C@@H]2C)CC1. The molecule has 0 radical (unpaired) electrons. The van der Waals surface area contributed by atoms with Crippen LogP contribution in [0.25, 0.3) is 0 Å². The van der Waals surface area contributed by atoms with Gasteiger partial charge >= 0.3 is 0 Å². The number of piperidine rings is 1. The number of thioether (sulfide) groups is 1. The summed E-state index contributed by atoms with van der Waals surface area (Å²) >= 11 is 1.49. The molecule has 2 aliphatic heterocycles.